The van der Waals surface area contributed by atoms with E-state index in [1.165, 1.54) is 0 Å². The lowest BCUT2D eigenvalue weighted by Crippen LogP contribution is -2.57. The molecular weight excluding hydrogens is 1300 g/mol. The number of ether oxygens (including phenoxy) is 7. The van der Waals surface area contributed by atoms with E-state index in [9.17, 15) is 24.0 Å². The average molecular weight is 1400 g/mol. The molecule has 5 N–H and O–H groups in total. The summed E-state index contributed by atoms with van der Waals surface area (Å²) in [5.41, 5.74) is 5.12. The monoisotopic (exact) mass is 1400 g/mol. The average Bonchev–Trinajstić information content (AvgIpc) is 0.814. The lowest BCUT2D eigenvalue weighted by Gasteiger charge is -2.40. The van der Waals surface area contributed by atoms with Crippen LogP contribution in [0.1, 0.15) is 86.9 Å². The topological polar surface area (TPSA) is 253 Å². The van der Waals surface area contributed by atoms with Crippen LogP contribution in [0.5, 0.6) is 11.5 Å². The third-order valence-corrected chi connectivity index (χ3v) is 22.6. The van der Waals surface area contributed by atoms with Crippen molar-refractivity contribution in [2.45, 2.75) is 167 Å². The van der Waals surface area contributed by atoms with Crippen molar-refractivity contribution in [3.8, 4) is 22.6 Å². The third-order valence-electron chi connectivity index (χ3n) is 16.4. The molecule has 100 heavy (non-hydrogen) atoms. The van der Waals surface area contributed by atoms with Crippen LogP contribution in [-0.4, -0.2) is 108 Å². The van der Waals surface area contributed by atoms with Crippen molar-refractivity contribution in [2.75, 3.05) is 19.7 Å². The van der Waals surface area contributed by atoms with E-state index in [2.05, 4.69) is 46.2 Å². The minimum Gasteiger partial charge on any atom is -0.489 e. The molecule has 4 atom stereocenters. The molecule has 20 nitrogen and oxygen atoms in total. The van der Waals surface area contributed by atoms with Crippen molar-refractivity contribution < 1.29 is 71.1 Å². The number of hydrogen-bond donors (Lipinski definition) is 5. The Morgan fingerprint density at radius 2 is 0.870 bits per heavy atom. The molecule has 0 bridgehead atoms. The molecule has 7 rings (SSSR count). The molecule has 0 radical (unpaired) electrons. The maximum atomic E-state index is 15.4. The van der Waals surface area contributed by atoms with Crippen molar-refractivity contribution in [1.82, 2.24) is 26.6 Å². The quantitative estimate of drug-likeness (QED) is 0.0143. The molecule has 0 spiro atoms. The maximum absolute atomic E-state index is 15.4. The first-order valence-electron chi connectivity index (χ1n) is 33.7. The fourth-order valence-corrected chi connectivity index (χ4v) is 12.0. The van der Waals surface area contributed by atoms with E-state index >= 15 is 9.59 Å². The predicted octanol–water partition coefficient (Wildman–Crippen LogP) is 13.7. The lowest BCUT2D eigenvalue weighted by atomic mass is 9.95. The minimum atomic E-state index is -2.72. The SMILES string of the molecule is CC(C)(C)OC(=O)N[C@@H](C[C@H](CNC(=O)OCc1ccccc1)O[Si](C)(C)C(C)(C)C)C(=O)N[C@@H](Cc1cc(-c2ccc(OCc3ccccc3)c(C[C@H](NC(=O)OCc3ccccc3)C(=O)OCC[Si](C)(C)C)c2)ccc1OCc1ccccc1)C(=O)NCC(=O)OCc1ccccc1. The number of benzene rings is 7. The predicted molar refractivity (Wildman–Crippen MR) is 389 cm³/mol. The molecule has 532 valence electrons. The molecule has 0 aromatic heterocycles. The Bertz CT molecular complexity index is 3770. The standard InChI is InChI=1S/C78H97N5O15Si2/c1-77(2,3)97-76(90)82-66(47-64(98-100(10,11)78(4,5)6)48-80-74(88)95-53-58-33-23-15-24-34-58)72(86)81-65(71(85)79-49-70(84)94-52-57-31-21-14-22-32-57)45-62-43-60(37-39-68(62)92-50-55-27-17-12-18-28-55)61-38-40-69(93-51-56-29-19-13-20-30-56)63(44-61)46-67(73(87)91-41-42-99(7,8)9)83-75(89)96-54-59-35-25-16-26-36-59/h12-40,43-44,64-67H,41-42,45-54H2,1-11H3,(H,79,85)(H,80,88)(H,81,86)(H,82,90)(H,83,89)/t64-,65+,66+,67+/m1/s1. The van der Waals surface area contributed by atoms with Crippen LogP contribution in [0.25, 0.3) is 11.1 Å². The normalized spacial score (nSPS) is 12.8. The first-order valence-corrected chi connectivity index (χ1v) is 40.3. The van der Waals surface area contributed by atoms with Gasteiger partial charge in [0.05, 0.1) is 12.7 Å². The van der Waals surface area contributed by atoms with Gasteiger partial charge in [-0.2, -0.15) is 0 Å². The Kier molecular flexibility index (Phi) is 29.0. The van der Waals surface area contributed by atoms with Gasteiger partial charge in [-0.3, -0.25) is 14.4 Å². The van der Waals surface area contributed by atoms with Gasteiger partial charge in [0.2, 0.25) is 11.8 Å². The zero-order chi connectivity index (χ0) is 72.3. The number of carbonyl (C=O) groups is 7. The highest BCUT2D eigenvalue weighted by molar-refractivity contribution is 6.76. The Labute approximate surface area is 590 Å². The molecule has 0 aliphatic rings. The lowest BCUT2D eigenvalue weighted by molar-refractivity contribution is -0.146. The van der Waals surface area contributed by atoms with Crippen LogP contribution in [0.3, 0.4) is 0 Å². The Morgan fingerprint density at radius 3 is 1.32 bits per heavy atom. The summed E-state index contributed by atoms with van der Waals surface area (Å²) in [6.07, 6.45) is -4.02. The van der Waals surface area contributed by atoms with Crippen LogP contribution >= 0.6 is 0 Å². The number of alkyl carbamates (subject to hydrolysis) is 3. The van der Waals surface area contributed by atoms with E-state index in [0.29, 0.717) is 39.8 Å². The molecule has 0 saturated heterocycles. The van der Waals surface area contributed by atoms with Crippen molar-refractivity contribution in [2.24, 2.45) is 0 Å². The molecule has 0 aliphatic carbocycles. The summed E-state index contributed by atoms with van der Waals surface area (Å²) < 4.78 is 48.5. The highest BCUT2D eigenvalue weighted by Crippen LogP contribution is 2.38. The number of amides is 5. The smallest absolute Gasteiger partial charge is 0.408 e. The number of carbonyl (C=O) groups excluding carboxylic acids is 7. The summed E-state index contributed by atoms with van der Waals surface area (Å²) in [4.78, 5) is 99.2. The van der Waals surface area contributed by atoms with Crippen molar-refractivity contribution in [3.05, 3.63) is 227 Å². The van der Waals surface area contributed by atoms with Gasteiger partial charge >= 0.3 is 30.2 Å². The summed E-state index contributed by atoms with van der Waals surface area (Å²) >= 11 is 0. The van der Waals surface area contributed by atoms with Gasteiger partial charge in [-0.15, -0.1) is 0 Å². The molecule has 7 aromatic rings. The van der Waals surface area contributed by atoms with Gasteiger partial charge in [-0.1, -0.05) is 204 Å². The zero-order valence-electron chi connectivity index (χ0n) is 59.3. The third kappa shape index (κ3) is 27.2. The van der Waals surface area contributed by atoms with Gasteiger partial charge < -0.3 is 64.2 Å². The van der Waals surface area contributed by atoms with Crippen LogP contribution in [-0.2, 0) is 93.2 Å². The zero-order valence-corrected chi connectivity index (χ0v) is 61.3. The second kappa shape index (κ2) is 37.4. The summed E-state index contributed by atoms with van der Waals surface area (Å²) in [6, 6.07) is 53.8. The van der Waals surface area contributed by atoms with E-state index in [4.69, 9.17) is 37.6 Å². The van der Waals surface area contributed by atoms with Crippen molar-refractivity contribution in [3.63, 3.8) is 0 Å². The molecule has 22 heteroatoms. The molecule has 0 saturated carbocycles. The van der Waals surface area contributed by atoms with E-state index in [1.54, 1.807) is 45.0 Å². The summed E-state index contributed by atoms with van der Waals surface area (Å²) in [7, 11) is -4.39. The first-order chi connectivity index (χ1) is 47.5. The molecular formula is C78H97N5O15Si2. The molecule has 0 fully saturated rings. The van der Waals surface area contributed by atoms with Gasteiger partial charge in [0.1, 0.15) is 74.8 Å². The number of esters is 2. The molecule has 0 heterocycles. The second-order valence-corrected chi connectivity index (χ2v) is 38.5. The van der Waals surface area contributed by atoms with E-state index < -0.39 is 94.8 Å². The fraction of sp³-hybridized carbons (Fsp3) is 0.372. The van der Waals surface area contributed by atoms with Gasteiger partial charge in [0.25, 0.3) is 0 Å². The Hall–Kier alpha value is -9.78. The summed E-state index contributed by atoms with van der Waals surface area (Å²) in [5, 5.41) is 13.6. The van der Waals surface area contributed by atoms with Crippen LogP contribution in [0.2, 0.25) is 43.8 Å². The van der Waals surface area contributed by atoms with Gasteiger partial charge in [0.15, 0.2) is 8.32 Å². The highest BCUT2D eigenvalue weighted by atomic mass is 28.4. The van der Waals surface area contributed by atoms with Gasteiger partial charge in [0, 0.05) is 33.9 Å². The van der Waals surface area contributed by atoms with Crippen LogP contribution < -0.4 is 36.1 Å². The Balaban J connectivity index is 1.29. The first kappa shape index (κ1) is 77.6. The van der Waals surface area contributed by atoms with Gasteiger partial charge in [-0.25, -0.2) is 19.2 Å². The fourth-order valence-electron chi connectivity index (χ4n) is 9.92. The number of nitrogens with one attached hydrogen (secondary N) is 5. The second-order valence-electron chi connectivity index (χ2n) is 28.1. The largest absolute Gasteiger partial charge is 0.489 e. The van der Waals surface area contributed by atoms with Gasteiger partial charge in [-0.05, 0) is 119 Å². The van der Waals surface area contributed by atoms with E-state index in [-0.39, 0.29) is 70.5 Å². The maximum Gasteiger partial charge on any atom is 0.408 e. The number of rotatable bonds is 34. The number of hydrogen-bond acceptors (Lipinski definition) is 15. The molecule has 0 unspecified atom stereocenters. The Morgan fingerprint density at radius 1 is 0.440 bits per heavy atom. The van der Waals surface area contributed by atoms with Crippen LogP contribution in [0, 0.1) is 0 Å². The minimum absolute atomic E-state index is 0.00990. The molecule has 0 aliphatic heterocycles. The van der Waals surface area contributed by atoms with E-state index in [1.807, 2.05) is 198 Å². The molecule has 5 amide bonds. The van der Waals surface area contributed by atoms with Crippen LogP contribution in [0.4, 0.5) is 14.4 Å². The van der Waals surface area contributed by atoms with Crippen molar-refractivity contribution in [1.29, 1.82) is 0 Å². The van der Waals surface area contributed by atoms with Crippen molar-refractivity contribution >= 4 is 58.4 Å². The summed E-state index contributed by atoms with van der Waals surface area (Å²) in [6.45, 7) is 21.3. The van der Waals surface area contributed by atoms with E-state index in [0.717, 1.165) is 27.8 Å². The molecule has 7 aromatic carbocycles. The highest BCUT2D eigenvalue weighted by Gasteiger charge is 2.41. The van der Waals surface area contributed by atoms with Crippen LogP contribution in [0.15, 0.2) is 188 Å². The summed E-state index contributed by atoms with van der Waals surface area (Å²) in [5.74, 6) is -2.29.